The number of aliphatic hydroxyl groups is 1. The van der Waals surface area contributed by atoms with Gasteiger partial charge in [0.25, 0.3) is 0 Å². The number of aliphatic hydroxyl groups excluding tert-OH is 1. The van der Waals surface area contributed by atoms with Crippen LogP contribution in [0.15, 0.2) is 0 Å². The zero-order chi connectivity index (χ0) is 12.1. The van der Waals surface area contributed by atoms with Crippen molar-refractivity contribution in [2.75, 3.05) is 6.61 Å². The van der Waals surface area contributed by atoms with Gasteiger partial charge in [-0.05, 0) is 19.3 Å². The van der Waals surface area contributed by atoms with E-state index in [4.69, 9.17) is 5.11 Å². The van der Waals surface area contributed by atoms with Crippen LogP contribution in [0.2, 0.25) is 0 Å². The maximum Gasteiger partial charge on any atom is 0.150 e. The van der Waals surface area contributed by atoms with E-state index < -0.39 is 0 Å². The molecule has 96 valence electrons. The fraction of sp³-hybridized carbons (Fsp3) is 0.846. The minimum Gasteiger partial charge on any atom is -0.394 e. The van der Waals surface area contributed by atoms with Gasteiger partial charge in [-0.15, -0.1) is 0 Å². The van der Waals surface area contributed by atoms with Crippen LogP contribution >= 0.6 is 0 Å². The van der Waals surface area contributed by atoms with Crippen LogP contribution in [0.3, 0.4) is 0 Å². The Balaban J connectivity index is 2.01. The standard InChI is InChI=1S/C13H23N3O/c1-2-3-4-8-12-14-13(11-6-5-7-11)16(15-12)9-10-17/h11,17H,2-10H2,1H3. The topological polar surface area (TPSA) is 50.9 Å². The van der Waals surface area contributed by atoms with Crippen molar-refractivity contribution < 1.29 is 5.11 Å². The first-order valence-corrected chi connectivity index (χ1v) is 6.89. The molecule has 1 aromatic heterocycles. The van der Waals surface area contributed by atoms with Crippen LogP contribution in [-0.2, 0) is 13.0 Å². The molecule has 17 heavy (non-hydrogen) atoms. The third-order valence-corrected chi connectivity index (χ3v) is 3.53. The highest BCUT2D eigenvalue weighted by atomic mass is 16.3. The number of nitrogens with zero attached hydrogens (tertiary/aromatic N) is 3. The van der Waals surface area contributed by atoms with E-state index >= 15 is 0 Å². The molecular formula is C13H23N3O. The molecule has 0 amide bonds. The first-order valence-electron chi connectivity index (χ1n) is 6.89. The lowest BCUT2D eigenvalue weighted by Crippen LogP contribution is -2.17. The molecule has 1 aromatic rings. The van der Waals surface area contributed by atoms with E-state index in [0.29, 0.717) is 12.5 Å². The minimum atomic E-state index is 0.150. The normalized spacial score (nSPS) is 16.1. The molecule has 4 heteroatoms. The summed E-state index contributed by atoms with van der Waals surface area (Å²) in [4.78, 5) is 4.66. The van der Waals surface area contributed by atoms with Crippen molar-refractivity contribution in [2.24, 2.45) is 0 Å². The highest BCUT2D eigenvalue weighted by Crippen LogP contribution is 2.35. The largest absolute Gasteiger partial charge is 0.394 e. The van der Waals surface area contributed by atoms with Crippen LogP contribution < -0.4 is 0 Å². The van der Waals surface area contributed by atoms with Crippen LogP contribution in [0.5, 0.6) is 0 Å². The summed E-state index contributed by atoms with van der Waals surface area (Å²) < 4.78 is 1.92. The van der Waals surface area contributed by atoms with E-state index in [0.717, 1.165) is 18.1 Å². The number of hydrogen-bond acceptors (Lipinski definition) is 3. The number of rotatable bonds is 7. The molecule has 0 aromatic carbocycles. The Morgan fingerprint density at radius 2 is 2.18 bits per heavy atom. The molecule has 0 aliphatic heterocycles. The van der Waals surface area contributed by atoms with Gasteiger partial charge in [-0.3, -0.25) is 0 Å². The Morgan fingerprint density at radius 1 is 1.35 bits per heavy atom. The first kappa shape index (κ1) is 12.6. The van der Waals surface area contributed by atoms with E-state index in [1.807, 2.05) is 4.68 Å². The molecule has 0 atom stereocenters. The second kappa shape index (κ2) is 6.15. The molecule has 0 bridgehead atoms. The molecule has 4 nitrogen and oxygen atoms in total. The number of aryl methyl sites for hydroxylation is 1. The quantitative estimate of drug-likeness (QED) is 0.740. The lowest BCUT2D eigenvalue weighted by molar-refractivity contribution is 0.261. The SMILES string of the molecule is CCCCCc1nc(C2CCC2)n(CCO)n1. The van der Waals surface area contributed by atoms with Crippen molar-refractivity contribution in [1.29, 1.82) is 0 Å². The fourth-order valence-electron chi connectivity index (χ4n) is 2.27. The Kier molecular flexibility index (Phi) is 4.54. The van der Waals surface area contributed by atoms with Crippen LogP contribution in [0.4, 0.5) is 0 Å². The summed E-state index contributed by atoms with van der Waals surface area (Å²) in [6, 6.07) is 0. The molecule has 0 saturated heterocycles. The predicted molar refractivity (Wildman–Crippen MR) is 66.9 cm³/mol. The molecule has 1 fully saturated rings. The summed E-state index contributed by atoms with van der Waals surface area (Å²) >= 11 is 0. The van der Waals surface area contributed by atoms with E-state index in [1.165, 1.54) is 38.5 Å². The van der Waals surface area contributed by atoms with Gasteiger partial charge in [-0.1, -0.05) is 26.2 Å². The van der Waals surface area contributed by atoms with Crippen LogP contribution in [0.1, 0.15) is 63.0 Å². The van der Waals surface area contributed by atoms with Crippen molar-refractivity contribution in [2.45, 2.75) is 64.3 Å². The van der Waals surface area contributed by atoms with Crippen LogP contribution in [0.25, 0.3) is 0 Å². The second-order valence-corrected chi connectivity index (χ2v) is 4.92. The van der Waals surface area contributed by atoms with Crippen LogP contribution in [0, 0.1) is 0 Å². The average molecular weight is 237 g/mol. The minimum absolute atomic E-state index is 0.150. The van der Waals surface area contributed by atoms with Crippen molar-refractivity contribution >= 4 is 0 Å². The molecule has 0 radical (unpaired) electrons. The van der Waals surface area contributed by atoms with Crippen molar-refractivity contribution in [1.82, 2.24) is 14.8 Å². The Hall–Kier alpha value is -0.900. The number of unbranched alkanes of at least 4 members (excludes halogenated alkanes) is 2. The average Bonchev–Trinajstić information content (AvgIpc) is 2.60. The molecule has 1 heterocycles. The van der Waals surface area contributed by atoms with Gasteiger partial charge in [0.15, 0.2) is 5.82 Å². The van der Waals surface area contributed by atoms with Crippen LogP contribution in [-0.4, -0.2) is 26.5 Å². The number of hydrogen-bond donors (Lipinski definition) is 1. The first-order chi connectivity index (χ1) is 8.35. The summed E-state index contributed by atoms with van der Waals surface area (Å²) in [5.74, 6) is 2.67. The molecule has 0 unspecified atom stereocenters. The van der Waals surface area contributed by atoms with Gasteiger partial charge in [0.2, 0.25) is 0 Å². The monoisotopic (exact) mass is 237 g/mol. The molecule has 1 saturated carbocycles. The van der Waals surface area contributed by atoms with Gasteiger partial charge in [0, 0.05) is 12.3 Å². The summed E-state index contributed by atoms with van der Waals surface area (Å²) in [6.07, 6.45) is 8.40. The van der Waals surface area contributed by atoms with Gasteiger partial charge < -0.3 is 5.11 Å². The molecule has 0 spiro atoms. The van der Waals surface area contributed by atoms with Gasteiger partial charge in [-0.2, -0.15) is 5.10 Å². The number of aromatic nitrogens is 3. The lowest BCUT2D eigenvalue weighted by atomic mass is 9.85. The lowest BCUT2D eigenvalue weighted by Gasteiger charge is -2.24. The van der Waals surface area contributed by atoms with E-state index in [9.17, 15) is 0 Å². The summed E-state index contributed by atoms with van der Waals surface area (Å²) in [5, 5.41) is 13.6. The van der Waals surface area contributed by atoms with Gasteiger partial charge >= 0.3 is 0 Å². The van der Waals surface area contributed by atoms with Gasteiger partial charge in [-0.25, -0.2) is 9.67 Å². The fourth-order valence-corrected chi connectivity index (χ4v) is 2.27. The Labute approximate surface area is 103 Å². The Morgan fingerprint density at radius 3 is 2.76 bits per heavy atom. The summed E-state index contributed by atoms with van der Waals surface area (Å²) in [7, 11) is 0. The Bertz CT molecular complexity index is 344. The van der Waals surface area contributed by atoms with E-state index in [2.05, 4.69) is 17.0 Å². The third-order valence-electron chi connectivity index (χ3n) is 3.53. The smallest absolute Gasteiger partial charge is 0.150 e. The third kappa shape index (κ3) is 3.06. The molecular weight excluding hydrogens is 214 g/mol. The molecule has 1 aliphatic carbocycles. The van der Waals surface area contributed by atoms with E-state index in [-0.39, 0.29) is 6.61 Å². The zero-order valence-electron chi connectivity index (χ0n) is 10.7. The second-order valence-electron chi connectivity index (χ2n) is 4.92. The van der Waals surface area contributed by atoms with Gasteiger partial charge in [0.1, 0.15) is 5.82 Å². The zero-order valence-corrected chi connectivity index (χ0v) is 10.7. The molecule has 1 N–H and O–H groups in total. The van der Waals surface area contributed by atoms with Crippen molar-refractivity contribution in [3.8, 4) is 0 Å². The summed E-state index contributed by atoms with van der Waals surface area (Å²) in [5.41, 5.74) is 0. The summed E-state index contributed by atoms with van der Waals surface area (Å²) in [6.45, 7) is 2.95. The maximum absolute atomic E-state index is 9.05. The van der Waals surface area contributed by atoms with Crippen molar-refractivity contribution in [3.05, 3.63) is 11.6 Å². The highest BCUT2D eigenvalue weighted by molar-refractivity contribution is 5.04. The van der Waals surface area contributed by atoms with Gasteiger partial charge in [0.05, 0.1) is 13.2 Å². The molecule has 2 rings (SSSR count). The maximum atomic E-state index is 9.05. The highest BCUT2D eigenvalue weighted by Gasteiger charge is 2.25. The van der Waals surface area contributed by atoms with E-state index in [1.54, 1.807) is 0 Å². The molecule has 1 aliphatic rings. The predicted octanol–water partition coefficient (Wildman–Crippen LogP) is 2.27. The van der Waals surface area contributed by atoms with Crippen molar-refractivity contribution in [3.63, 3.8) is 0 Å².